The van der Waals surface area contributed by atoms with Crippen molar-refractivity contribution in [3.63, 3.8) is 0 Å². The van der Waals surface area contributed by atoms with Gasteiger partial charge in [-0.1, -0.05) is 83.7 Å². The second kappa shape index (κ2) is 20.5. The summed E-state index contributed by atoms with van der Waals surface area (Å²) in [5, 5.41) is 0. The van der Waals surface area contributed by atoms with Crippen LogP contribution in [0.2, 0.25) is 0 Å². The molecule has 0 aliphatic carbocycles. The molecule has 0 fully saturated rings. The van der Waals surface area contributed by atoms with Crippen LogP contribution in [0.1, 0.15) is 84.6 Å². The lowest BCUT2D eigenvalue weighted by Crippen LogP contribution is -2.50. The van der Waals surface area contributed by atoms with E-state index in [1.54, 1.807) is 24.3 Å². The van der Waals surface area contributed by atoms with Crippen molar-refractivity contribution in [3.05, 3.63) is 35.9 Å². The molecule has 1 aromatic carbocycles. The summed E-state index contributed by atoms with van der Waals surface area (Å²) in [6.07, 6.45) is 11.1. The molecule has 11 heteroatoms. The highest BCUT2D eigenvalue weighted by atomic mass is 32.9. The van der Waals surface area contributed by atoms with Gasteiger partial charge in [0.25, 0.3) is 0 Å². The fourth-order valence-electron chi connectivity index (χ4n) is 3.36. The van der Waals surface area contributed by atoms with Gasteiger partial charge in [-0.15, -0.1) is 0 Å². The molecule has 1 rings (SSSR count). The minimum absolute atomic E-state index is 0.00662. The maximum atomic E-state index is 10.4. The lowest BCUT2D eigenvalue weighted by molar-refractivity contribution is -0.929. The monoisotopic (exact) mass is 543 g/mol. The molecule has 0 saturated carbocycles. The molecule has 8 nitrogen and oxygen atoms in total. The summed E-state index contributed by atoms with van der Waals surface area (Å²) in [5.74, 6) is 0. The molecular formula is C23H45NO7S3. The number of nitrogens with zero attached hydrogens (tertiary/aromatic N) is 1. The van der Waals surface area contributed by atoms with Crippen molar-refractivity contribution in [2.24, 2.45) is 0 Å². The van der Waals surface area contributed by atoms with Crippen LogP contribution in [0.3, 0.4) is 0 Å². The molecule has 0 aromatic heterocycles. The Morgan fingerprint density at radius 1 is 0.794 bits per heavy atom. The van der Waals surface area contributed by atoms with Gasteiger partial charge in [-0.05, 0) is 42.4 Å². The highest BCUT2D eigenvalue weighted by Crippen LogP contribution is 2.16. The third kappa shape index (κ3) is 26.0. The van der Waals surface area contributed by atoms with E-state index in [4.69, 9.17) is 17.5 Å². The molecular weight excluding hydrogens is 498 g/mol. The molecule has 1 atom stereocenters. The second-order valence-corrected chi connectivity index (χ2v) is 11.4. The Morgan fingerprint density at radius 2 is 1.12 bits per heavy atom. The van der Waals surface area contributed by atoms with Crippen LogP contribution in [0, 0.1) is 0 Å². The summed E-state index contributed by atoms with van der Waals surface area (Å²) in [6.45, 7) is 15.0. The average molecular weight is 544 g/mol. The van der Waals surface area contributed by atoms with Crippen molar-refractivity contribution in [1.29, 1.82) is 0 Å². The van der Waals surface area contributed by atoms with Gasteiger partial charge in [0.2, 0.25) is 0 Å². The van der Waals surface area contributed by atoms with Gasteiger partial charge in [0.1, 0.15) is 0 Å². The Kier molecular flexibility index (Phi) is 21.4. The molecule has 0 spiro atoms. The molecule has 0 saturated heterocycles. The minimum atomic E-state index is -4.67. The molecule has 0 heterocycles. The molecule has 202 valence electrons. The standard InChI is InChI=1S/C16H36N.C7H8O3S2.H2O4S/c1-5-9-13-17(14-10-6-2,15-11-7-3)16-12-8-4;8-12(9,11)10-6-7-4-2-1-3-5-7;1-5(2,3)4/h5-16H2,1-4H3;1-5H,6H2,(H,8,9,11);(H2,1,2,3,4)/q+1;;/p-1. The number of benzene rings is 1. The van der Waals surface area contributed by atoms with E-state index in [1.165, 1.54) is 82.0 Å². The van der Waals surface area contributed by atoms with Crippen molar-refractivity contribution < 1.29 is 35.0 Å². The number of hydrogen-bond donors (Lipinski definition) is 2. The lowest BCUT2D eigenvalue weighted by atomic mass is 10.1. The number of quaternary nitrogens is 1. The smallest absolute Gasteiger partial charge is 0.394 e. The summed E-state index contributed by atoms with van der Waals surface area (Å²) in [5.41, 5.74) is 0.783. The van der Waals surface area contributed by atoms with Crippen LogP contribution in [0.4, 0.5) is 0 Å². The van der Waals surface area contributed by atoms with Gasteiger partial charge < -0.3 is 9.04 Å². The molecule has 0 radical (unpaired) electrons. The normalized spacial score (nSPS) is 13.1. The van der Waals surface area contributed by atoms with E-state index in [0.29, 0.717) is 0 Å². The molecule has 0 amide bonds. The Morgan fingerprint density at radius 3 is 1.38 bits per heavy atom. The van der Waals surface area contributed by atoms with Crippen LogP contribution in [0.5, 0.6) is 0 Å². The zero-order valence-corrected chi connectivity index (χ0v) is 23.6. The minimum Gasteiger partial charge on any atom is -0.748 e. The predicted octanol–water partition coefficient (Wildman–Crippen LogP) is 5.35. The number of hydrogen-bond acceptors (Lipinski definition) is 6. The Labute approximate surface area is 213 Å². The van der Waals surface area contributed by atoms with Crippen molar-refractivity contribution >= 4 is 30.6 Å². The highest BCUT2D eigenvalue weighted by molar-refractivity contribution is 8.26. The first kappa shape index (κ1) is 35.5. The third-order valence-electron chi connectivity index (χ3n) is 5.16. The van der Waals surface area contributed by atoms with Crippen LogP contribution in [-0.2, 0) is 41.4 Å². The molecule has 0 bridgehead atoms. The largest absolute Gasteiger partial charge is 0.748 e. The van der Waals surface area contributed by atoms with Gasteiger partial charge in [-0.3, -0.25) is 13.3 Å². The summed E-state index contributed by atoms with van der Waals surface area (Å²) < 4.78 is 58.2. The zero-order valence-electron chi connectivity index (χ0n) is 21.2. The molecule has 0 aliphatic rings. The molecule has 34 heavy (non-hydrogen) atoms. The highest BCUT2D eigenvalue weighted by Gasteiger charge is 2.24. The fraction of sp³-hybridized carbons (Fsp3) is 0.739. The first-order valence-electron chi connectivity index (χ1n) is 12.0. The Bertz CT molecular complexity index is 756. The van der Waals surface area contributed by atoms with E-state index in [2.05, 4.69) is 43.1 Å². The van der Waals surface area contributed by atoms with Crippen LogP contribution < -0.4 is 0 Å². The maximum absolute atomic E-state index is 10.4. The van der Waals surface area contributed by atoms with E-state index >= 15 is 0 Å². The SMILES string of the molecule is CCCC[N+](CCCC)(CCCC)CCCC.O=S(=O)(O)O.O=S([O-])(=S)OCc1ccccc1. The Balaban J connectivity index is 0. The van der Waals surface area contributed by atoms with Crippen molar-refractivity contribution in [3.8, 4) is 0 Å². The van der Waals surface area contributed by atoms with E-state index in [1.807, 2.05) is 6.07 Å². The first-order chi connectivity index (χ1) is 15.8. The van der Waals surface area contributed by atoms with Crippen molar-refractivity contribution in [2.45, 2.75) is 85.7 Å². The van der Waals surface area contributed by atoms with E-state index in [0.717, 1.165) is 5.56 Å². The average Bonchev–Trinajstić information content (AvgIpc) is 2.76. The van der Waals surface area contributed by atoms with Crippen LogP contribution >= 0.6 is 0 Å². The van der Waals surface area contributed by atoms with Gasteiger partial charge in [0.05, 0.1) is 41.8 Å². The van der Waals surface area contributed by atoms with Gasteiger partial charge in [0, 0.05) is 0 Å². The zero-order chi connectivity index (χ0) is 26.5. The van der Waals surface area contributed by atoms with Gasteiger partial charge in [-0.25, -0.2) is 4.21 Å². The van der Waals surface area contributed by atoms with Crippen LogP contribution in [0.15, 0.2) is 30.3 Å². The fourth-order valence-corrected chi connectivity index (χ4v) is 3.78. The molecule has 0 aliphatic heterocycles. The van der Waals surface area contributed by atoms with Crippen LogP contribution in [-0.4, -0.2) is 56.9 Å². The van der Waals surface area contributed by atoms with Gasteiger partial charge >= 0.3 is 10.4 Å². The van der Waals surface area contributed by atoms with E-state index < -0.39 is 19.5 Å². The summed E-state index contributed by atoms with van der Waals surface area (Å²) in [6, 6.07) is 8.97. The summed E-state index contributed by atoms with van der Waals surface area (Å²) in [4.78, 5) is 0. The van der Waals surface area contributed by atoms with Crippen molar-refractivity contribution in [2.75, 3.05) is 26.2 Å². The second-order valence-electron chi connectivity index (χ2n) is 8.25. The molecule has 1 unspecified atom stereocenters. The number of rotatable bonds is 15. The lowest BCUT2D eigenvalue weighted by Gasteiger charge is -2.39. The van der Waals surface area contributed by atoms with Gasteiger partial charge in [-0.2, -0.15) is 8.42 Å². The number of unbranched alkanes of at least 4 members (excludes halogenated alkanes) is 4. The summed E-state index contributed by atoms with van der Waals surface area (Å²) >= 11 is 4.03. The van der Waals surface area contributed by atoms with E-state index in [9.17, 15) is 8.76 Å². The predicted molar refractivity (Wildman–Crippen MR) is 141 cm³/mol. The third-order valence-corrected chi connectivity index (χ3v) is 5.85. The van der Waals surface area contributed by atoms with E-state index in [-0.39, 0.29) is 6.61 Å². The van der Waals surface area contributed by atoms with Crippen molar-refractivity contribution in [1.82, 2.24) is 0 Å². The molecule has 2 N–H and O–H groups in total. The van der Waals surface area contributed by atoms with Gasteiger partial charge in [0.15, 0.2) is 0 Å². The van der Waals surface area contributed by atoms with Crippen LogP contribution in [0.25, 0.3) is 0 Å². The topological polar surface area (TPSA) is 124 Å². The summed E-state index contributed by atoms with van der Waals surface area (Å²) in [7, 11) is -8.41. The first-order valence-corrected chi connectivity index (χ1v) is 15.7. The quantitative estimate of drug-likeness (QED) is 0.224. The maximum Gasteiger partial charge on any atom is 0.394 e. The Hall–Kier alpha value is -0.660. The molecule has 1 aromatic rings.